The molecule has 0 bridgehead atoms. The SMILES string of the molecule is C=C/C=C\C=C\C1C=CC(N(C2=CC=CCC2)c2ccc(-c3cccc4c(/C=C\C)c(C)oc34)c(-c3ccccc3)c2)=CC1. The molecule has 2 heteroatoms. The lowest BCUT2D eigenvalue weighted by Crippen LogP contribution is -2.23. The van der Waals surface area contributed by atoms with E-state index >= 15 is 0 Å². The molecule has 3 aromatic carbocycles. The molecule has 6 rings (SSSR count). The summed E-state index contributed by atoms with van der Waals surface area (Å²) in [5.41, 5.74) is 10.4. The number of fused-ring (bicyclic) bond motifs is 1. The van der Waals surface area contributed by atoms with Gasteiger partial charge in [0.2, 0.25) is 0 Å². The molecule has 0 N–H and O–H groups in total. The summed E-state index contributed by atoms with van der Waals surface area (Å²) in [7, 11) is 0. The van der Waals surface area contributed by atoms with Gasteiger partial charge in [0, 0.05) is 33.6 Å². The van der Waals surface area contributed by atoms with Crippen LogP contribution in [0.3, 0.4) is 0 Å². The van der Waals surface area contributed by atoms with Gasteiger partial charge in [-0.2, -0.15) is 0 Å². The van der Waals surface area contributed by atoms with Gasteiger partial charge in [-0.3, -0.25) is 0 Å². The number of para-hydroxylation sites is 1. The molecule has 0 fully saturated rings. The van der Waals surface area contributed by atoms with Gasteiger partial charge in [0.15, 0.2) is 0 Å². The molecule has 2 nitrogen and oxygen atoms in total. The molecule has 0 amide bonds. The molecule has 2 aliphatic carbocycles. The summed E-state index contributed by atoms with van der Waals surface area (Å²) in [6.07, 6.45) is 31.0. The van der Waals surface area contributed by atoms with Crippen molar-refractivity contribution in [2.75, 3.05) is 4.90 Å². The van der Waals surface area contributed by atoms with Gasteiger partial charge in [-0.05, 0) is 80.0 Å². The number of anilines is 1. The number of benzene rings is 3. The van der Waals surface area contributed by atoms with E-state index in [-0.39, 0.29) is 0 Å². The number of nitrogens with zero attached hydrogens (tertiary/aromatic N) is 1. The van der Waals surface area contributed by atoms with Gasteiger partial charge in [-0.15, -0.1) is 0 Å². The smallest absolute Gasteiger partial charge is 0.142 e. The molecule has 0 spiro atoms. The summed E-state index contributed by atoms with van der Waals surface area (Å²) < 4.78 is 6.44. The zero-order chi connectivity index (χ0) is 30.3. The minimum Gasteiger partial charge on any atom is -0.460 e. The van der Waals surface area contributed by atoms with E-state index in [1.807, 2.05) is 26.0 Å². The Morgan fingerprint density at radius 1 is 0.932 bits per heavy atom. The van der Waals surface area contributed by atoms with Crippen molar-refractivity contribution in [2.24, 2.45) is 5.92 Å². The first-order chi connectivity index (χ1) is 21.7. The first-order valence-corrected chi connectivity index (χ1v) is 15.5. The van der Waals surface area contributed by atoms with Gasteiger partial charge < -0.3 is 9.32 Å². The minimum atomic E-state index is 0.377. The third-order valence-corrected chi connectivity index (χ3v) is 8.28. The fraction of sp³-hybridized carbons (Fsp3) is 0.143. The molecule has 1 unspecified atom stereocenters. The predicted molar refractivity (Wildman–Crippen MR) is 189 cm³/mol. The maximum atomic E-state index is 6.44. The highest BCUT2D eigenvalue weighted by atomic mass is 16.3. The Morgan fingerprint density at radius 3 is 2.57 bits per heavy atom. The summed E-state index contributed by atoms with van der Waals surface area (Å²) in [6, 6.07) is 24.1. The molecule has 4 aromatic rings. The third-order valence-electron chi connectivity index (χ3n) is 8.28. The Kier molecular flexibility index (Phi) is 8.89. The van der Waals surface area contributed by atoms with E-state index in [0.29, 0.717) is 5.92 Å². The van der Waals surface area contributed by atoms with Crippen molar-refractivity contribution in [3.8, 4) is 22.3 Å². The highest BCUT2D eigenvalue weighted by molar-refractivity contribution is 6.01. The largest absolute Gasteiger partial charge is 0.460 e. The molecule has 2 aliphatic rings. The van der Waals surface area contributed by atoms with Crippen LogP contribution in [-0.2, 0) is 0 Å². The Hall–Kier alpha value is -5.08. The second kappa shape index (κ2) is 13.5. The Morgan fingerprint density at radius 2 is 1.82 bits per heavy atom. The second-order valence-electron chi connectivity index (χ2n) is 11.2. The predicted octanol–water partition coefficient (Wildman–Crippen LogP) is 11.9. The van der Waals surface area contributed by atoms with Gasteiger partial charge in [-0.1, -0.05) is 128 Å². The van der Waals surface area contributed by atoms with Crippen LogP contribution in [-0.4, -0.2) is 0 Å². The number of aryl methyl sites for hydroxylation is 1. The quantitative estimate of drug-likeness (QED) is 0.185. The maximum Gasteiger partial charge on any atom is 0.142 e. The van der Waals surface area contributed by atoms with Crippen molar-refractivity contribution in [1.82, 2.24) is 0 Å². The third kappa shape index (κ3) is 6.02. The maximum absolute atomic E-state index is 6.44. The van der Waals surface area contributed by atoms with E-state index in [1.54, 1.807) is 6.08 Å². The topological polar surface area (TPSA) is 16.4 Å². The van der Waals surface area contributed by atoms with Crippen LogP contribution in [0.4, 0.5) is 5.69 Å². The molecule has 0 aliphatic heterocycles. The van der Waals surface area contributed by atoms with E-state index < -0.39 is 0 Å². The molecule has 1 atom stereocenters. The number of allylic oxidation sites excluding steroid dienone is 13. The summed E-state index contributed by atoms with van der Waals surface area (Å²) in [5.74, 6) is 1.31. The number of hydrogen-bond acceptors (Lipinski definition) is 2. The molecule has 1 aromatic heterocycles. The second-order valence-corrected chi connectivity index (χ2v) is 11.2. The van der Waals surface area contributed by atoms with Gasteiger partial charge in [-0.25, -0.2) is 0 Å². The lowest BCUT2D eigenvalue weighted by molar-refractivity contribution is 0.578. The van der Waals surface area contributed by atoms with Crippen molar-refractivity contribution in [3.05, 3.63) is 169 Å². The van der Waals surface area contributed by atoms with Crippen LogP contribution in [0.25, 0.3) is 39.3 Å². The van der Waals surface area contributed by atoms with Crippen molar-refractivity contribution in [1.29, 1.82) is 0 Å². The number of rotatable bonds is 9. The zero-order valence-corrected chi connectivity index (χ0v) is 25.6. The normalized spacial score (nSPS) is 16.7. The average molecular weight is 574 g/mol. The van der Waals surface area contributed by atoms with Gasteiger partial charge in [0.1, 0.15) is 11.3 Å². The lowest BCUT2D eigenvalue weighted by atomic mass is 9.92. The molecule has 0 saturated heterocycles. The van der Waals surface area contributed by atoms with Gasteiger partial charge in [0.25, 0.3) is 0 Å². The first kappa shape index (κ1) is 29.0. The van der Waals surface area contributed by atoms with E-state index in [2.05, 4.69) is 139 Å². The fourth-order valence-electron chi connectivity index (χ4n) is 6.15. The van der Waals surface area contributed by atoms with Crippen LogP contribution in [0.5, 0.6) is 0 Å². The van der Waals surface area contributed by atoms with Crippen LogP contribution < -0.4 is 4.90 Å². The summed E-state index contributed by atoms with van der Waals surface area (Å²) in [4.78, 5) is 2.44. The summed E-state index contributed by atoms with van der Waals surface area (Å²) in [6.45, 7) is 7.85. The average Bonchev–Trinajstić information content (AvgIpc) is 3.40. The van der Waals surface area contributed by atoms with Gasteiger partial charge >= 0.3 is 0 Å². The van der Waals surface area contributed by atoms with E-state index in [0.717, 1.165) is 58.4 Å². The monoisotopic (exact) mass is 573 g/mol. The molecular weight excluding hydrogens is 534 g/mol. The van der Waals surface area contributed by atoms with E-state index in [9.17, 15) is 0 Å². The van der Waals surface area contributed by atoms with Crippen molar-refractivity contribution >= 4 is 22.7 Å². The van der Waals surface area contributed by atoms with Crippen LogP contribution in [0.1, 0.15) is 37.5 Å². The van der Waals surface area contributed by atoms with Crippen LogP contribution >= 0.6 is 0 Å². The molecular formula is C42H39NO. The van der Waals surface area contributed by atoms with Crippen LogP contribution in [0.15, 0.2) is 162 Å². The van der Waals surface area contributed by atoms with Crippen molar-refractivity contribution < 1.29 is 4.42 Å². The van der Waals surface area contributed by atoms with Crippen molar-refractivity contribution in [2.45, 2.75) is 33.1 Å². The molecule has 0 saturated carbocycles. The first-order valence-electron chi connectivity index (χ1n) is 15.5. The molecule has 1 heterocycles. The molecule has 218 valence electrons. The van der Waals surface area contributed by atoms with E-state index in [1.165, 1.54) is 22.5 Å². The lowest BCUT2D eigenvalue weighted by Gasteiger charge is -2.32. The summed E-state index contributed by atoms with van der Waals surface area (Å²) >= 11 is 0. The number of hydrogen-bond donors (Lipinski definition) is 0. The zero-order valence-electron chi connectivity index (χ0n) is 25.6. The Bertz CT molecular complexity index is 1870. The standard InChI is InChI=1S/C42H39NO/c1-4-6-7-10-17-32-24-26-35(27-25-32)43(34-20-13-9-14-21-34)36-28-29-38(41(30-36)33-18-11-8-12-19-33)40-23-15-22-39-37(16-5-2)31(3)44-42(39)40/h4-13,15-20,22-24,26-30,32H,1,14,21,25H2,2-3H3/b7-6-,16-5-,17-10+. The Balaban J connectivity index is 1.47. The Labute approximate surface area is 261 Å². The van der Waals surface area contributed by atoms with Crippen molar-refractivity contribution in [3.63, 3.8) is 0 Å². The summed E-state index contributed by atoms with van der Waals surface area (Å²) in [5, 5.41) is 1.14. The number of furan rings is 1. The molecule has 44 heavy (non-hydrogen) atoms. The molecule has 0 radical (unpaired) electrons. The van der Waals surface area contributed by atoms with Crippen LogP contribution in [0, 0.1) is 12.8 Å². The van der Waals surface area contributed by atoms with Gasteiger partial charge in [0.05, 0.1) is 0 Å². The van der Waals surface area contributed by atoms with E-state index in [4.69, 9.17) is 4.42 Å². The fourth-order valence-corrected chi connectivity index (χ4v) is 6.15. The van der Waals surface area contributed by atoms with Crippen LogP contribution in [0.2, 0.25) is 0 Å². The minimum absolute atomic E-state index is 0.377. The highest BCUT2D eigenvalue weighted by Crippen LogP contribution is 2.42. The highest BCUT2D eigenvalue weighted by Gasteiger charge is 2.22.